The second kappa shape index (κ2) is 4.76. The number of hydrogen-bond acceptors (Lipinski definition) is 6. The normalized spacial score (nSPS) is 26.5. The van der Waals surface area contributed by atoms with Gasteiger partial charge in [-0.2, -0.15) is 0 Å². The Kier molecular flexibility index (Phi) is 3.12. The minimum atomic E-state index is -1.41. The summed E-state index contributed by atoms with van der Waals surface area (Å²) in [5, 5.41) is 10.1. The number of benzene rings is 1. The zero-order chi connectivity index (χ0) is 16.1. The Bertz CT molecular complexity index is 705. The number of hydrogen-bond donors (Lipinski definition) is 1. The van der Waals surface area contributed by atoms with Gasteiger partial charge in [0.15, 0.2) is 11.5 Å². The number of phenolic OH excluding ortho intramolecular Hbond substituents is 1. The maximum Gasteiger partial charge on any atom is 0.231 e. The van der Waals surface area contributed by atoms with Crippen molar-refractivity contribution in [2.24, 2.45) is 5.92 Å². The summed E-state index contributed by atoms with van der Waals surface area (Å²) in [5.74, 6) is -0.383. The van der Waals surface area contributed by atoms with Gasteiger partial charge >= 0.3 is 0 Å². The lowest BCUT2D eigenvalue weighted by molar-refractivity contribution is -0.118. The fraction of sp³-hybridized carbons (Fsp3) is 0.375. The fourth-order valence-corrected chi connectivity index (χ4v) is 3.11. The molecule has 1 heterocycles. The van der Waals surface area contributed by atoms with Gasteiger partial charge in [0, 0.05) is 30.5 Å². The second-order valence-corrected chi connectivity index (χ2v) is 5.47. The fourth-order valence-electron chi connectivity index (χ4n) is 3.11. The first-order chi connectivity index (χ1) is 10.4. The first-order valence-electron chi connectivity index (χ1n) is 6.87. The number of allylic oxidation sites excluding steroid dienone is 1. The third-order valence-corrected chi connectivity index (χ3v) is 4.21. The van der Waals surface area contributed by atoms with Crippen molar-refractivity contribution < 1.29 is 28.9 Å². The molecule has 0 amide bonds. The molecule has 1 aromatic rings. The third kappa shape index (κ3) is 1.73. The Morgan fingerprint density at radius 1 is 1.27 bits per heavy atom. The van der Waals surface area contributed by atoms with Crippen LogP contribution in [-0.2, 0) is 9.53 Å². The van der Waals surface area contributed by atoms with Crippen LogP contribution in [0, 0.1) is 5.92 Å². The van der Waals surface area contributed by atoms with Gasteiger partial charge in [0.2, 0.25) is 11.4 Å². The van der Waals surface area contributed by atoms with Gasteiger partial charge in [-0.25, -0.2) is 0 Å². The number of fused-ring (bicyclic) bond motifs is 1. The van der Waals surface area contributed by atoms with Crippen LogP contribution < -0.4 is 9.47 Å². The summed E-state index contributed by atoms with van der Waals surface area (Å²) >= 11 is 0. The summed E-state index contributed by atoms with van der Waals surface area (Å²) in [7, 11) is 2.84. The molecule has 1 aliphatic heterocycles. The first-order valence-corrected chi connectivity index (χ1v) is 6.87. The van der Waals surface area contributed by atoms with E-state index in [1.54, 1.807) is 6.92 Å². The number of phenols is 1. The molecule has 0 bridgehead atoms. The van der Waals surface area contributed by atoms with Gasteiger partial charge in [-0.05, 0) is 0 Å². The molecule has 6 heteroatoms. The van der Waals surface area contributed by atoms with Crippen molar-refractivity contribution in [1.29, 1.82) is 0 Å². The van der Waals surface area contributed by atoms with Crippen molar-refractivity contribution in [2.45, 2.75) is 18.9 Å². The highest BCUT2D eigenvalue weighted by atomic mass is 16.6. The molecule has 6 nitrogen and oxygen atoms in total. The maximum absolute atomic E-state index is 12.9. The molecule has 0 saturated carbocycles. The molecule has 2 atom stereocenters. The highest BCUT2D eigenvalue weighted by Crippen LogP contribution is 2.50. The SMILES string of the molecule is COC1=CC(=O)C[C@@H](C)[C@]12Oc1cc(OC)cc(O)c1C2=O. The van der Waals surface area contributed by atoms with Crippen LogP contribution in [0.5, 0.6) is 17.2 Å². The molecule has 2 aliphatic rings. The monoisotopic (exact) mass is 304 g/mol. The molecule has 22 heavy (non-hydrogen) atoms. The minimum Gasteiger partial charge on any atom is -0.507 e. The van der Waals surface area contributed by atoms with Crippen molar-refractivity contribution in [2.75, 3.05) is 14.2 Å². The summed E-state index contributed by atoms with van der Waals surface area (Å²) in [6, 6.07) is 2.89. The maximum atomic E-state index is 12.9. The van der Waals surface area contributed by atoms with Crippen molar-refractivity contribution >= 4 is 11.6 Å². The largest absolute Gasteiger partial charge is 0.507 e. The van der Waals surface area contributed by atoms with Gasteiger partial charge in [0.1, 0.15) is 22.8 Å². The quantitative estimate of drug-likeness (QED) is 0.898. The Labute approximate surface area is 127 Å². The second-order valence-electron chi connectivity index (χ2n) is 5.47. The Balaban J connectivity index is 2.19. The lowest BCUT2D eigenvalue weighted by Gasteiger charge is -2.36. The van der Waals surface area contributed by atoms with Gasteiger partial charge in [0.25, 0.3) is 0 Å². The highest BCUT2D eigenvalue weighted by Gasteiger charge is 2.59. The predicted molar refractivity (Wildman–Crippen MR) is 76.2 cm³/mol. The summed E-state index contributed by atoms with van der Waals surface area (Å²) in [5.41, 5.74) is -1.32. The number of aromatic hydroxyl groups is 1. The Hall–Kier alpha value is -2.50. The molecule has 1 spiro atoms. The zero-order valence-corrected chi connectivity index (χ0v) is 12.5. The summed E-state index contributed by atoms with van der Waals surface area (Å²) in [6.45, 7) is 1.75. The number of carbonyl (C=O) groups excluding carboxylic acids is 2. The molecule has 0 unspecified atom stereocenters. The molecule has 0 radical (unpaired) electrons. The predicted octanol–water partition coefficient (Wildman–Crippen LogP) is 1.85. The average molecular weight is 304 g/mol. The van der Waals surface area contributed by atoms with Crippen LogP contribution in [0.2, 0.25) is 0 Å². The van der Waals surface area contributed by atoms with Gasteiger partial charge < -0.3 is 19.3 Å². The Morgan fingerprint density at radius 3 is 2.64 bits per heavy atom. The molecule has 0 aromatic heterocycles. The van der Waals surface area contributed by atoms with Crippen LogP contribution in [0.4, 0.5) is 0 Å². The van der Waals surface area contributed by atoms with Gasteiger partial charge in [-0.15, -0.1) is 0 Å². The molecule has 1 aromatic carbocycles. The summed E-state index contributed by atoms with van der Waals surface area (Å²) in [6.07, 6.45) is 1.46. The van der Waals surface area contributed by atoms with Crippen LogP contribution in [0.1, 0.15) is 23.7 Å². The van der Waals surface area contributed by atoms with Gasteiger partial charge in [-0.3, -0.25) is 9.59 Å². The molecular formula is C16H16O6. The average Bonchev–Trinajstić information content (AvgIpc) is 2.77. The van der Waals surface area contributed by atoms with Crippen LogP contribution in [0.3, 0.4) is 0 Å². The molecule has 0 saturated heterocycles. The van der Waals surface area contributed by atoms with Crippen LogP contribution >= 0.6 is 0 Å². The summed E-state index contributed by atoms with van der Waals surface area (Å²) in [4.78, 5) is 24.7. The van der Waals surface area contributed by atoms with E-state index in [4.69, 9.17) is 14.2 Å². The number of rotatable bonds is 2. The third-order valence-electron chi connectivity index (χ3n) is 4.21. The first kappa shape index (κ1) is 14.4. The number of ether oxygens (including phenoxy) is 3. The molecule has 1 aliphatic carbocycles. The van der Waals surface area contributed by atoms with Crippen LogP contribution in [0.25, 0.3) is 0 Å². The number of ketones is 2. The van der Waals surface area contributed by atoms with Crippen LogP contribution in [0.15, 0.2) is 24.0 Å². The highest BCUT2D eigenvalue weighted by molar-refractivity contribution is 6.13. The van der Waals surface area contributed by atoms with Crippen LogP contribution in [-0.4, -0.2) is 36.5 Å². The van der Waals surface area contributed by atoms with E-state index in [9.17, 15) is 14.7 Å². The van der Waals surface area contributed by atoms with E-state index in [0.717, 1.165) is 0 Å². The number of carbonyl (C=O) groups is 2. The van der Waals surface area contributed by atoms with Crippen molar-refractivity contribution in [3.8, 4) is 17.2 Å². The zero-order valence-electron chi connectivity index (χ0n) is 12.5. The van der Waals surface area contributed by atoms with E-state index in [1.165, 1.54) is 32.4 Å². The van der Waals surface area contributed by atoms with E-state index in [2.05, 4.69) is 0 Å². The van der Waals surface area contributed by atoms with E-state index < -0.39 is 17.3 Å². The standard InChI is InChI=1S/C16H16O6/c1-8-4-9(17)5-13(21-3)16(8)15(19)14-11(18)6-10(20-2)7-12(14)22-16/h5-8,18H,4H2,1-3H3/t8-,16+/m1/s1. The smallest absolute Gasteiger partial charge is 0.231 e. The van der Waals surface area contributed by atoms with E-state index in [0.29, 0.717) is 5.75 Å². The minimum absolute atomic E-state index is 0.0879. The van der Waals surface area contributed by atoms with Gasteiger partial charge in [-0.1, -0.05) is 6.92 Å². The lowest BCUT2D eigenvalue weighted by Crippen LogP contribution is -2.51. The molecule has 116 valence electrons. The Morgan fingerprint density at radius 2 is 2.00 bits per heavy atom. The van der Waals surface area contributed by atoms with Crippen molar-refractivity contribution in [3.63, 3.8) is 0 Å². The molecule has 1 N–H and O–H groups in total. The van der Waals surface area contributed by atoms with Crippen molar-refractivity contribution in [3.05, 3.63) is 29.5 Å². The lowest BCUT2D eigenvalue weighted by atomic mass is 9.75. The van der Waals surface area contributed by atoms with Crippen molar-refractivity contribution in [1.82, 2.24) is 0 Å². The van der Waals surface area contributed by atoms with E-state index in [1.807, 2.05) is 0 Å². The molecule has 0 fully saturated rings. The number of methoxy groups -OCH3 is 2. The topological polar surface area (TPSA) is 82.1 Å². The van der Waals surface area contributed by atoms with E-state index in [-0.39, 0.29) is 35.0 Å². The molecular weight excluding hydrogens is 288 g/mol. The number of Topliss-reactive ketones (excluding diaryl/α,β-unsaturated/α-hetero) is 1. The van der Waals surface area contributed by atoms with E-state index >= 15 is 0 Å². The summed E-state index contributed by atoms with van der Waals surface area (Å²) < 4.78 is 16.2. The molecule has 3 rings (SSSR count). The van der Waals surface area contributed by atoms with Gasteiger partial charge in [0.05, 0.1) is 14.2 Å².